The van der Waals surface area contributed by atoms with E-state index in [0.29, 0.717) is 50.8 Å². The minimum absolute atomic E-state index is 0.122. The number of benzene rings is 2. The Bertz CT molecular complexity index is 1320. The van der Waals surface area contributed by atoms with Gasteiger partial charge in [-0.25, -0.2) is 4.79 Å². The number of amides is 5. The molecule has 1 aliphatic carbocycles. The fourth-order valence-electron chi connectivity index (χ4n) is 4.96. The van der Waals surface area contributed by atoms with Crippen LogP contribution in [-0.4, -0.2) is 79.8 Å². The van der Waals surface area contributed by atoms with Crippen molar-refractivity contribution in [1.29, 1.82) is 0 Å². The van der Waals surface area contributed by atoms with Crippen LogP contribution in [0.4, 0.5) is 23.7 Å². The Hall–Kier alpha value is -3.78. The quantitative estimate of drug-likeness (QED) is 0.332. The number of carbonyl (C=O) groups is 4. The second-order valence-corrected chi connectivity index (χ2v) is 11.1. The molecule has 0 aromatic heterocycles. The highest BCUT2D eigenvalue weighted by atomic mass is 32.2. The van der Waals surface area contributed by atoms with E-state index in [4.69, 9.17) is 4.74 Å². The van der Waals surface area contributed by atoms with Gasteiger partial charge in [0.25, 0.3) is 11.8 Å². The van der Waals surface area contributed by atoms with Gasteiger partial charge in [-0.05, 0) is 61.6 Å². The van der Waals surface area contributed by atoms with Gasteiger partial charge in [-0.2, -0.15) is 13.2 Å². The third-order valence-electron chi connectivity index (χ3n) is 7.32. The highest BCUT2D eigenvalue weighted by molar-refractivity contribution is 7.98. The SMILES string of the molecule is CSc1ccc(C(=O)N[C@H]2CCCC[C@H]2NC(=O)CNC(=O)c2cc(C(F)(F)F)ccc2NC(=O)N2CCOCC2)cc1. The second kappa shape index (κ2) is 14.6. The molecule has 232 valence electrons. The molecule has 2 fully saturated rings. The number of alkyl halides is 3. The maximum absolute atomic E-state index is 13.4. The number of hydrogen-bond donors (Lipinski definition) is 4. The molecule has 0 unspecified atom stereocenters. The van der Waals surface area contributed by atoms with E-state index in [1.165, 1.54) is 4.90 Å². The molecule has 1 aliphatic heterocycles. The summed E-state index contributed by atoms with van der Waals surface area (Å²) in [6.07, 6.45) is 0.187. The number of rotatable bonds is 8. The lowest BCUT2D eigenvalue weighted by Crippen LogP contribution is -2.54. The fraction of sp³-hybridized carbons (Fsp3) is 0.448. The number of halogens is 3. The molecule has 0 bridgehead atoms. The van der Waals surface area contributed by atoms with Gasteiger partial charge in [0.05, 0.1) is 36.6 Å². The Morgan fingerprint density at radius 3 is 2.21 bits per heavy atom. The zero-order chi connectivity index (χ0) is 31.0. The Morgan fingerprint density at radius 1 is 0.930 bits per heavy atom. The van der Waals surface area contributed by atoms with Gasteiger partial charge in [0.15, 0.2) is 0 Å². The highest BCUT2D eigenvalue weighted by Crippen LogP contribution is 2.32. The first-order valence-corrected chi connectivity index (χ1v) is 15.1. The average molecular weight is 622 g/mol. The highest BCUT2D eigenvalue weighted by Gasteiger charge is 2.33. The normalized spacial score (nSPS) is 18.8. The van der Waals surface area contributed by atoms with Crippen LogP contribution in [0, 0.1) is 0 Å². The number of nitrogens with zero attached hydrogens (tertiary/aromatic N) is 1. The van der Waals surface area contributed by atoms with Gasteiger partial charge in [-0.15, -0.1) is 11.8 Å². The van der Waals surface area contributed by atoms with Crippen molar-refractivity contribution in [2.45, 2.75) is 48.8 Å². The van der Waals surface area contributed by atoms with Crippen molar-refractivity contribution >= 4 is 41.2 Å². The van der Waals surface area contributed by atoms with E-state index in [-0.39, 0.29) is 23.7 Å². The van der Waals surface area contributed by atoms with Crippen LogP contribution in [-0.2, 0) is 15.7 Å². The average Bonchev–Trinajstić information content (AvgIpc) is 3.01. The molecule has 2 atom stereocenters. The van der Waals surface area contributed by atoms with Gasteiger partial charge in [0.1, 0.15) is 0 Å². The molecule has 5 amide bonds. The van der Waals surface area contributed by atoms with Crippen LogP contribution in [0.25, 0.3) is 0 Å². The molecule has 4 N–H and O–H groups in total. The molecule has 0 spiro atoms. The standard InChI is InChI=1S/C29H34F3N5O5S/c1-43-20-9-6-18(7-10-20)26(39)35-24-5-3-2-4-23(24)34-25(38)17-33-27(40)21-16-19(29(30,31)32)8-11-22(21)36-28(41)37-12-14-42-15-13-37/h6-11,16,23-24H,2-5,12-15,17H2,1H3,(H,33,40)(H,34,38)(H,35,39)(H,36,41)/t23-,24+/m1/s1. The summed E-state index contributed by atoms with van der Waals surface area (Å²) in [6.45, 7) is 0.709. The summed E-state index contributed by atoms with van der Waals surface area (Å²) in [7, 11) is 0. The molecule has 43 heavy (non-hydrogen) atoms. The van der Waals surface area contributed by atoms with Gasteiger partial charge >= 0.3 is 12.2 Å². The van der Waals surface area contributed by atoms with Crippen molar-refractivity contribution in [3.05, 3.63) is 59.2 Å². The number of nitrogens with one attached hydrogen (secondary N) is 4. The van der Waals surface area contributed by atoms with Gasteiger partial charge in [0, 0.05) is 35.6 Å². The molecule has 0 radical (unpaired) electrons. The van der Waals surface area contributed by atoms with Gasteiger partial charge in [0.2, 0.25) is 5.91 Å². The van der Waals surface area contributed by atoms with E-state index >= 15 is 0 Å². The molecular formula is C29H34F3N5O5S. The van der Waals surface area contributed by atoms with Crippen LogP contribution in [0.15, 0.2) is 47.4 Å². The summed E-state index contributed by atoms with van der Waals surface area (Å²) in [4.78, 5) is 53.7. The number of morpholine rings is 1. The summed E-state index contributed by atoms with van der Waals surface area (Å²) in [5.41, 5.74) is -1.13. The van der Waals surface area contributed by atoms with Crippen molar-refractivity contribution in [2.24, 2.45) is 0 Å². The molecule has 2 aromatic carbocycles. The van der Waals surface area contributed by atoms with Crippen LogP contribution in [0.5, 0.6) is 0 Å². The van der Waals surface area contributed by atoms with Crippen molar-refractivity contribution in [3.8, 4) is 0 Å². The maximum atomic E-state index is 13.4. The Morgan fingerprint density at radius 2 is 1.58 bits per heavy atom. The Balaban J connectivity index is 1.38. The lowest BCUT2D eigenvalue weighted by atomic mass is 9.90. The number of hydrogen-bond acceptors (Lipinski definition) is 6. The van der Waals surface area contributed by atoms with E-state index in [1.54, 1.807) is 23.9 Å². The molecule has 1 saturated heterocycles. The summed E-state index contributed by atoms with van der Waals surface area (Å²) in [6, 6.07) is 8.31. The Labute approximate surface area is 251 Å². The van der Waals surface area contributed by atoms with E-state index in [1.807, 2.05) is 18.4 Å². The van der Waals surface area contributed by atoms with E-state index in [9.17, 15) is 32.3 Å². The number of urea groups is 1. The van der Waals surface area contributed by atoms with Crippen LogP contribution in [0.3, 0.4) is 0 Å². The first-order valence-electron chi connectivity index (χ1n) is 13.9. The van der Waals surface area contributed by atoms with Crippen LogP contribution in [0.2, 0.25) is 0 Å². The number of carbonyl (C=O) groups excluding carboxylic acids is 4. The maximum Gasteiger partial charge on any atom is 0.416 e. The lowest BCUT2D eigenvalue weighted by molar-refractivity contribution is -0.137. The van der Waals surface area contributed by atoms with E-state index in [2.05, 4.69) is 21.3 Å². The predicted molar refractivity (Wildman–Crippen MR) is 155 cm³/mol. The van der Waals surface area contributed by atoms with Crippen LogP contribution in [0.1, 0.15) is 52.0 Å². The number of thioether (sulfide) groups is 1. The molecule has 10 nitrogen and oxygen atoms in total. The summed E-state index contributed by atoms with van der Waals surface area (Å²) in [5, 5.41) is 10.7. The van der Waals surface area contributed by atoms with Crippen molar-refractivity contribution in [1.82, 2.24) is 20.9 Å². The Kier molecular flexibility index (Phi) is 10.9. The minimum atomic E-state index is -4.73. The number of anilines is 1. The topological polar surface area (TPSA) is 129 Å². The summed E-state index contributed by atoms with van der Waals surface area (Å²) < 4.78 is 45.5. The van der Waals surface area contributed by atoms with Gasteiger partial charge < -0.3 is 30.9 Å². The number of ether oxygens (including phenoxy) is 1. The summed E-state index contributed by atoms with van der Waals surface area (Å²) >= 11 is 1.56. The molecule has 4 rings (SSSR count). The van der Waals surface area contributed by atoms with Gasteiger partial charge in [-0.3, -0.25) is 14.4 Å². The first kappa shape index (κ1) is 32.1. The zero-order valence-electron chi connectivity index (χ0n) is 23.6. The zero-order valence-corrected chi connectivity index (χ0v) is 24.4. The second-order valence-electron chi connectivity index (χ2n) is 10.2. The largest absolute Gasteiger partial charge is 0.416 e. The summed E-state index contributed by atoms with van der Waals surface area (Å²) in [5.74, 6) is -1.78. The monoisotopic (exact) mass is 621 g/mol. The van der Waals surface area contributed by atoms with Crippen molar-refractivity contribution < 1.29 is 37.1 Å². The fourth-order valence-corrected chi connectivity index (χ4v) is 5.37. The third-order valence-corrected chi connectivity index (χ3v) is 8.07. The molecule has 2 aromatic rings. The lowest BCUT2D eigenvalue weighted by Gasteiger charge is -2.33. The van der Waals surface area contributed by atoms with E-state index < -0.39 is 41.7 Å². The molecule has 14 heteroatoms. The van der Waals surface area contributed by atoms with Gasteiger partial charge in [-0.1, -0.05) is 12.8 Å². The molecule has 1 saturated carbocycles. The smallest absolute Gasteiger partial charge is 0.378 e. The molecule has 2 aliphatic rings. The first-order chi connectivity index (χ1) is 20.5. The van der Waals surface area contributed by atoms with Crippen LogP contribution < -0.4 is 21.3 Å². The van der Waals surface area contributed by atoms with Crippen LogP contribution >= 0.6 is 11.8 Å². The van der Waals surface area contributed by atoms with Crippen molar-refractivity contribution in [3.63, 3.8) is 0 Å². The third kappa shape index (κ3) is 8.86. The minimum Gasteiger partial charge on any atom is -0.378 e. The predicted octanol–water partition coefficient (Wildman–Crippen LogP) is 3.88. The molecule has 1 heterocycles. The van der Waals surface area contributed by atoms with Crippen molar-refractivity contribution in [2.75, 3.05) is 44.4 Å². The molecular weight excluding hydrogens is 587 g/mol. The van der Waals surface area contributed by atoms with E-state index in [0.717, 1.165) is 29.9 Å².